The van der Waals surface area contributed by atoms with Crippen LogP contribution in [0.5, 0.6) is 17.2 Å². The predicted octanol–water partition coefficient (Wildman–Crippen LogP) is 4.77. The van der Waals surface area contributed by atoms with Crippen LogP contribution in [-0.4, -0.2) is 13.7 Å². The first-order valence-electron chi connectivity index (χ1n) is 8.44. The second-order valence-electron chi connectivity index (χ2n) is 5.97. The van der Waals surface area contributed by atoms with Crippen molar-refractivity contribution in [3.63, 3.8) is 0 Å². The second-order valence-corrected chi connectivity index (χ2v) is 5.97. The lowest BCUT2D eigenvalue weighted by Crippen LogP contribution is -2.15. The van der Waals surface area contributed by atoms with Crippen LogP contribution >= 0.6 is 0 Å². The zero-order valence-corrected chi connectivity index (χ0v) is 14.4. The highest BCUT2D eigenvalue weighted by Gasteiger charge is 2.11. The smallest absolute Gasteiger partial charge is 0.127 e. The van der Waals surface area contributed by atoms with Gasteiger partial charge in [0.2, 0.25) is 0 Å². The van der Waals surface area contributed by atoms with E-state index >= 15 is 0 Å². The Kier molecular flexibility index (Phi) is 5.70. The van der Waals surface area contributed by atoms with Gasteiger partial charge < -0.3 is 15.2 Å². The van der Waals surface area contributed by atoms with Gasteiger partial charge in [-0.05, 0) is 60.5 Å². The molecule has 0 aliphatic carbocycles. The third-order valence-corrected chi connectivity index (χ3v) is 4.23. The molecule has 25 heavy (non-hydrogen) atoms. The molecule has 0 heterocycles. The third kappa shape index (κ3) is 4.61. The molecule has 3 aromatic rings. The van der Waals surface area contributed by atoms with Crippen LogP contribution in [0, 0.1) is 0 Å². The fourth-order valence-electron chi connectivity index (χ4n) is 2.86. The summed E-state index contributed by atoms with van der Waals surface area (Å²) in [6.45, 7) is 0.593. The largest absolute Gasteiger partial charge is 0.497 e. The molecule has 3 nitrogen and oxygen atoms in total. The van der Waals surface area contributed by atoms with Crippen LogP contribution < -0.4 is 15.2 Å². The zero-order chi connectivity index (χ0) is 17.5. The van der Waals surface area contributed by atoms with Crippen molar-refractivity contribution in [1.82, 2.24) is 0 Å². The summed E-state index contributed by atoms with van der Waals surface area (Å²) in [5, 5.41) is 0. The quantitative estimate of drug-likeness (QED) is 0.677. The second kappa shape index (κ2) is 8.36. The van der Waals surface area contributed by atoms with Gasteiger partial charge in [0.15, 0.2) is 0 Å². The fraction of sp³-hybridized carbons (Fsp3) is 0.182. The fourth-order valence-corrected chi connectivity index (χ4v) is 2.86. The zero-order valence-electron chi connectivity index (χ0n) is 14.4. The summed E-state index contributed by atoms with van der Waals surface area (Å²) in [5.74, 6) is 2.80. The van der Waals surface area contributed by atoms with E-state index < -0.39 is 0 Å². The van der Waals surface area contributed by atoms with Gasteiger partial charge in [-0.1, -0.05) is 42.5 Å². The van der Waals surface area contributed by atoms with E-state index in [0.29, 0.717) is 6.54 Å². The molecule has 0 bridgehead atoms. The molecule has 0 radical (unpaired) electrons. The van der Waals surface area contributed by atoms with Crippen molar-refractivity contribution in [2.45, 2.75) is 12.3 Å². The summed E-state index contributed by atoms with van der Waals surface area (Å²) in [5.41, 5.74) is 8.45. The molecule has 0 amide bonds. The molecule has 3 heteroatoms. The number of methoxy groups -OCH3 is 1. The van der Waals surface area contributed by atoms with Crippen LogP contribution in [0.15, 0.2) is 78.9 Å². The lowest BCUT2D eigenvalue weighted by atomic mass is 9.92. The number of benzene rings is 3. The normalized spacial score (nSPS) is 11.8. The summed E-state index contributed by atoms with van der Waals surface area (Å²) in [6, 6.07) is 26.1. The van der Waals surface area contributed by atoms with E-state index in [1.165, 1.54) is 11.1 Å². The Balaban J connectivity index is 1.73. The standard InChI is InChI=1S/C22H23NO2/c1-24-20-12-10-18(11-13-20)19(16-23)14-17-6-5-9-22(15-17)25-21-7-3-2-4-8-21/h2-13,15,19H,14,16,23H2,1H3. The Morgan fingerprint density at radius 2 is 1.52 bits per heavy atom. The van der Waals surface area contributed by atoms with Crippen molar-refractivity contribution in [3.05, 3.63) is 90.0 Å². The van der Waals surface area contributed by atoms with Crippen molar-refractivity contribution < 1.29 is 9.47 Å². The Bertz CT molecular complexity index is 785. The molecule has 0 aromatic heterocycles. The SMILES string of the molecule is COc1ccc(C(CN)Cc2cccc(Oc3ccccc3)c2)cc1. The molecule has 1 atom stereocenters. The predicted molar refractivity (Wildman–Crippen MR) is 101 cm³/mol. The molecule has 1 unspecified atom stereocenters. The van der Waals surface area contributed by atoms with E-state index in [0.717, 1.165) is 23.7 Å². The Hall–Kier alpha value is -2.78. The lowest BCUT2D eigenvalue weighted by molar-refractivity contribution is 0.414. The molecule has 0 aliphatic heterocycles. The number of hydrogen-bond acceptors (Lipinski definition) is 3. The number of rotatable bonds is 7. The minimum absolute atomic E-state index is 0.262. The van der Waals surface area contributed by atoms with Crippen molar-refractivity contribution >= 4 is 0 Å². The minimum Gasteiger partial charge on any atom is -0.497 e. The molecule has 3 aromatic carbocycles. The lowest BCUT2D eigenvalue weighted by Gasteiger charge is -2.16. The van der Waals surface area contributed by atoms with E-state index in [4.69, 9.17) is 15.2 Å². The summed E-state index contributed by atoms with van der Waals surface area (Å²) < 4.78 is 11.1. The Morgan fingerprint density at radius 1 is 0.800 bits per heavy atom. The van der Waals surface area contributed by atoms with Gasteiger partial charge >= 0.3 is 0 Å². The van der Waals surface area contributed by atoms with Gasteiger partial charge in [0, 0.05) is 5.92 Å². The van der Waals surface area contributed by atoms with Gasteiger partial charge in [-0.3, -0.25) is 0 Å². The monoisotopic (exact) mass is 333 g/mol. The number of hydrogen-bond donors (Lipinski definition) is 1. The maximum absolute atomic E-state index is 6.02. The molecule has 3 rings (SSSR count). The molecule has 0 saturated carbocycles. The molecule has 2 N–H and O–H groups in total. The highest BCUT2D eigenvalue weighted by Crippen LogP contribution is 2.26. The maximum atomic E-state index is 6.02. The van der Waals surface area contributed by atoms with Crippen molar-refractivity contribution in [3.8, 4) is 17.2 Å². The van der Waals surface area contributed by atoms with Crippen LogP contribution in [0.4, 0.5) is 0 Å². The van der Waals surface area contributed by atoms with Crippen LogP contribution in [0.3, 0.4) is 0 Å². The van der Waals surface area contributed by atoms with Crippen LogP contribution in [0.2, 0.25) is 0 Å². The van der Waals surface area contributed by atoms with E-state index in [9.17, 15) is 0 Å². The minimum atomic E-state index is 0.262. The molecular formula is C22H23NO2. The van der Waals surface area contributed by atoms with Crippen LogP contribution in [0.25, 0.3) is 0 Å². The van der Waals surface area contributed by atoms with Crippen LogP contribution in [-0.2, 0) is 6.42 Å². The van der Waals surface area contributed by atoms with Crippen LogP contribution in [0.1, 0.15) is 17.0 Å². The highest BCUT2D eigenvalue weighted by atomic mass is 16.5. The number of para-hydroxylation sites is 1. The van der Waals surface area contributed by atoms with Gasteiger partial charge in [-0.25, -0.2) is 0 Å². The van der Waals surface area contributed by atoms with Gasteiger partial charge in [0.05, 0.1) is 7.11 Å². The van der Waals surface area contributed by atoms with Gasteiger partial charge in [-0.2, -0.15) is 0 Å². The third-order valence-electron chi connectivity index (χ3n) is 4.23. The number of ether oxygens (including phenoxy) is 2. The van der Waals surface area contributed by atoms with Crippen molar-refractivity contribution in [2.75, 3.05) is 13.7 Å². The average molecular weight is 333 g/mol. The highest BCUT2D eigenvalue weighted by molar-refractivity contribution is 5.36. The molecule has 0 fully saturated rings. The van der Waals surface area contributed by atoms with Gasteiger partial charge in [0.1, 0.15) is 17.2 Å². The summed E-state index contributed by atoms with van der Waals surface area (Å²) in [4.78, 5) is 0. The van der Waals surface area contributed by atoms with E-state index in [2.05, 4.69) is 24.3 Å². The molecule has 0 spiro atoms. The first-order chi connectivity index (χ1) is 12.3. The topological polar surface area (TPSA) is 44.5 Å². The first kappa shape index (κ1) is 17.1. The van der Waals surface area contributed by atoms with Gasteiger partial charge in [-0.15, -0.1) is 0 Å². The maximum Gasteiger partial charge on any atom is 0.127 e. The molecule has 0 aliphatic rings. The van der Waals surface area contributed by atoms with Crippen molar-refractivity contribution in [1.29, 1.82) is 0 Å². The van der Waals surface area contributed by atoms with Gasteiger partial charge in [0.25, 0.3) is 0 Å². The molecular weight excluding hydrogens is 310 g/mol. The molecule has 128 valence electrons. The van der Waals surface area contributed by atoms with E-state index in [1.807, 2.05) is 54.6 Å². The molecule has 0 saturated heterocycles. The van der Waals surface area contributed by atoms with E-state index in [-0.39, 0.29) is 5.92 Å². The first-order valence-corrected chi connectivity index (χ1v) is 8.44. The summed E-state index contributed by atoms with van der Waals surface area (Å²) in [6.07, 6.45) is 0.870. The average Bonchev–Trinajstić information content (AvgIpc) is 2.67. The van der Waals surface area contributed by atoms with E-state index in [1.54, 1.807) is 7.11 Å². The van der Waals surface area contributed by atoms with Crippen molar-refractivity contribution in [2.24, 2.45) is 5.73 Å². The summed E-state index contributed by atoms with van der Waals surface area (Å²) in [7, 11) is 1.67. The Labute approximate surface area is 149 Å². The number of nitrogens with two attached hydrogens (primary N) is 1. The Morgan fingerprint density at radius 3 is 2.20 bits per heavy atom. The summed E-state index contributed by atoms with van der Waals surface area (Å²) >= 11 is 0.